The van der Waals surface area contributed by atoms with Crippen LogP contribution in [0.2, 0.25) is 0 Å². The first kappa shape index (κ1) is 15.4. The molecule has 0 aliphatic carbocycles. The van der Waals surface area contributed by atoms with E-state index in [1.165, 1.54) is 10.5 Å². The second-order valence-electron chi connectivity index (χ2n) is 5.38. The molecule has 0 bridgehead atoms. The average molecular weight is 293 g/mol. The summed E-state index contributed by atoms with van der Waals surface area (Å²) in [5, 5.41) is 0.532. The van der Waals surface area contributed by atoms with Gasteiger partial charge in [0.2, 0.25) is 0 Å². The van der Waals surface area contributed by atoms with Gasteiger partial charge < -0.3 is 4.74 Å². The molecular weight excluding hydrogens is 270 g/mol. The van der Waals surface area contributed by atoms with Crippen molar-refractivity contribution >= 4 is 17.7 Å². The molecule has 0 fully saturated rings. The minimum absolute atomic E-state index is 0.123. The first-order chi connectivity index (χ1) is 9.60. The van der Waals surface area contributed by atoms with E-state index in [4.69, 9.17) is 4.74 Å². The van der Waals surface area contributed by atoms with E-state index in [1.54, 1.807) is 0 Å². The maximum absolute atomic E-state index is 11.7. The van der Waals surface area contributed by atoms with Crippen LogP contribution < -0.4 is 0 Å². The Morgan fingerprint density at radius 1 is 1.45 bits per heavy atom. The predicted octanol–water partition coefficient (Wildman–Crippen LogP) is 2.98. The SMILES string of the molecule is CCOC(=O)CN(CC1Cc2ccccc2S1)C(C)C. The summed E-state index contributed by atoms with van der Waals surface area (Å²) in [6.45, 7) is 7.88. The first-order valence-corrected chi connectivity index (χ1v) is 8.12. The van der Waals surface area contributed by atoms with Crippen molar-refractivity contribution in [1.82, 2.24) is 4.90 Å². The van der Waals surface area contributed by atoms with Crippen molar-refractivity contribution in [3.05, 3.63) is 29.8 Å². The van der Waals surface area contributed by atoms with Gasteiger partial charge >= 0.3 is 5.97 Å². The molecule has 0 N–H and O–H groups in total. The predicted molar refractivity (Wildman–Crippen MR) is 83.1 cm³/mol. The number of rotatable bonds is 6. The summed E-state index contributed by atoms with van der Waals surface area (Å²) in [7, 11) is 0. The molecule has 0 amide bonds. The zero-order valence-corrected chi connectivity index (χ0v) is 13.3. The minimum atomic E-state index is -0.123. The molecule has 1 aliphatic heterocycles. The number of hydrogen-bond donors (Lipinski definition) is 0. The van der Waals surface area contributed by atoms with Crippen LogP contribution in [0.1, 0.15) is 26.3 Å². The molecule has 1 aliphatic rings. The fourth-order valence-corrected chi connectivity index (χ4v) is 3.80. The van der Waals surface area contributed by atoms with Gasteiger partial charge in [-0.25, -0.2) is 0 Å². The fraction of sp³-hybridized carbons (Fsp3) is 0.562. The standard InChI is InChI=1S/C16H23NO2S/c1-4-19-16(18)11-17(12(2)3)10-14-9-13-7-5-6-8-15(13)20-14/h5-8,12,14H,4,9-11H2,1-3H3. The van der Waals surface area contributed by atoms with Crippen molar-refractivity contribution < 1.29 is 9.53 Å². The van der Waals surface area contributed by atoms with Gasteiger partial charge in [-0.15, -0.1) is 11.8 Å². The molecule has 0 saturated heterocycles. The third-order valence-electron chi connectivity index (χ3n) is 3.52. The van der Waals surface area contributed by atoms with Crippen molar-refractivity contribution in [2.45, 2.75) is 43.4 Å². The van der Waals surface area contributed by atoms with Crippen LogP contribution in [0.4, 0.5) is 0 Å². The monoisotopic (exact) mass is 293 g/mol. The Bertz CT molecular complexity index is 437. The summed E-state index contributed by atoms with van der Waals surface area (Å²) in [6.07, 6.45) is 1.09. The van der Waals surface area contributed by atoms with Gasteiger partial charge in [0.1, 0.15) is 0 Å². The largest absolute Gasteiger partial charge is 0.465 e. The topological polar surface area (TPSA) is 29.5 Å². The summed E-state index contributed by atoms with van der Waals surface area (Å²) < 4.78 is 5.06. The van der Waals surface area contributed by atoms with Gasteiger partial charge in [-0.05, 0) is 38.8 Å². The van der Waals surface area contributed by atoms with E-state index in [0.29, 0.717) is 24.4 Å². The summed E-state index contributed by atoms with van der Waals surface area (Å²) in [5.74, 6) is -0.123. The van der Waals surface area contributed by atoms with Crippen LogP contribution in [-0.4, -0.2) is 41.9 Å². The van der Waals surface area contributed by atoms with E-state index in [9.17, 15) is 4.79 Å². The van der Waals surface area contributed by atoms with Crippen LogP contribution in [-0.2, 0) is 16.0 Å². The molecule has 3 nitrogen and oxygen atoms in total. The summed E-state index contributed by atoms with van der Waals surface area (Å²) in [4.78, 5) is 15.3. The van der Waals surface area contributed by atoms with Gasteiger partial charge in [-0.2, -0.15) is 0 Å². The molecule has 0 aromatic heterocycles. The van der Waals surface area contributed by atoms with Gasteiger partial charge in [0.05, 0.1) is 13.2 Å². The van der Waals surface area contributed by atoms with Crippen molar-refractivity contribution in [3.63, 3.8) is 0 Å². The Morgan fingerprint density at radius 3 is 2.85 bits per heavy atom. The number of esters is 1. The maximum atomic E-state index is 11.7. The number of carbonyl (C=O) groups is 1. The number of carbonyl (C=O) groups excluding carboxylic acids is 1. The smallest absolute Gasteiger partial charge is 0.320 e. The Kier molecular flexibility index (Phi) is 5.49. The van der Waals surface area contributed by atoms with Gasteiger partial charge in [-0.3, -0.25) is 9.69 Å². The molecule has 1 unspecified atom stereocenters. The van der Waals surface area contributed by atoms with Crippen LogP contribution in [0.15, 0.2) is 29.2 Å². The fourth-order valence-electron chi connectivity index (χ4n) is 2.45. The summed E-state index contributed by atoms with van der Waals surface area (Å²) >= 11 is 1.93. The molecule has 20 heavy (non-hydrogen) atoms. The van der Waals surface area contributed by atoms with Crippen LogP contribution >= 0.6 is 11.8 Å². The lowest BCUT2D eigenvalue weighted by Gasteiger charge is -2.27. The number of hydrogen-bond acceptors (Lipinski definition) is 4. The molecule has 0 spiro atoms. The number of fused-ring (bicyclic) bond motifs is 1. The summed E-state index contributed by atoms with van der Waals surface area (Å²) in [5.41, 5.74) is 1.43. The highest BCUT2D eigenvalue weighted by Crippen LogP contribution is 2.37. The molecule has 1 aromatic rings. The lowest BCUT2D eigenvalue weighted by molar-refractivity contribution is -0.144. The number of benzene rings is 1. The minimum Gasteiger partial charge on any atom is -0.465 e. The normalized spacial score (nSPS) is 17.6. The van der Waals surface area contributed by atoms with E-state index >= 15 is 0 Å². The van der Waals surface area contributed by atoms with E-state index in [0.717, 1.165) is 13.0 Å². The lowest BCUT2D eigenvalue weighted by Crippen LogP contribution is -2.40. The van der Waals surface area contributed by atoms with E-state index in [-0.39, 0.29) is 5.97 Å². The van der Waals surface area contributed by atoms with Gasteiger partial charge in [0.25, 0.3) is 0 Å². The van der Waals surface area contributed by atoms with Gasteiger partial charge in [0.15, 0.2) is 0 Å². The highest BCUT2D eigenvalue weighted by Gasteiger charge is 2.26. The second-order valence-corrected chi connectivity index (χ2v) is 6.72. The van der Waals surface area contributed by atoms with Crippen molar-refractivity contribution in [2.24, 2.45) is 0 Å². The number of nitrogens with zero attached hydrogens (tertiary/aromatic N) is 1. The zero-order chi connectivity index (χ0) is 14.5. The molecule has 110 valence electrons. The van der Waals surface area contributed by atoms with E-state index < -0.39 is 0 Å². The lowest BCUT2D eigenvalue weighted by atomic mass is 10.1. The van der Waals surface area contributed by atoms with Gasteiger partial charge in [-0.1, -0.05) is 18.2 Å². The molecule has 1 atom stereocenters. The number of thioether (sulfide) groups is 1. The van der Waals surface area contributed by atoms with Crippen molar-refractivity contribution in [2.75, 3.05) is 19.7 Å². The highest BCUT2D eigenvalue weighted by molar-refractivity contribution is 8.00. The Hall–Kier alpha value is -1.00. The second kappa shape index (κ2) is 7.14. The molecule has 4 heteroatoms. The molecule has 1 heterocycles. The summed E-state index contributed by atoms with van der Waals surface area (Å²) in [6, 6.07) is 8.93. The van der Waals surface area contributed by atoms with Crippen LogP contribution in [0.5, 0.6) is 0 Å². The van der Waals surface area contributed by atoms with Crippen LogP contribution in [0.25, 0.3) is 0 Å². The molecule has 2 rings (SSSR count). The van der Waals surface area contributed by atoms with Crippen LogP contribution in [0, 0.1) is 0 Å². The third kappa shape index (κ3) is 4.00. The Balaban J connectivity index is 1.92. The molecule has 0 radical (unpaired) electrons. The molecule has 0 saturated carbocycles. The van der Waals surface area contributed by atoms with E-state index in [2.05, 4.69) is 43.0 Å². The van der Waals surface area contributed by atoms with Crippen molar-refractivity contribution in [1.29, 1.82) is 0 Å². The highest BCUT2D eigenvalue weighted by atomic mass is 32.2. The molecular formula is C16H23NO2S. The van der Waals surface area contributed by atoms with E-state index in [1.807, 2.05) is 18.7 Å². The molecule has 1 aromatic carbocycles. The first-order valence-electron chi connectivity index (χ1n) is 7.24. The third-order valence-corrected chi connectivity index (χ3v) is 4.82. The number of ether oxygens (including phenoxy) is 1. The van der Waals surface area contributed by atoms with Gasteiger partial charge in [0, 0.05) is 22.7 Å². The maximum Gasteiger partial charge on any atom is 0.320 e. The quantitative estimate of drug-likeness (QED) is 0.754. The average Bonchev–Trinajstić information content (AvgIpc) is 2.80. The zero-order valence-electron chi connectivity index (χ0n) is 12.5. The van der Waals surface area contributed by atoms with Crippen molar-refractivity contribution in [3.8, 4) is 0 Å². The Morgan fingerprint density at radius 2 is 2.20 bits per heavy atom. The Labute approximate surface area is 125 Å². The van der Waals surface area contributed by atoms with Crippen LogP contribution in [0.3, 0.4) is 0 Å².